The summed E-state index contributed by atoms with van der Waals surface area (Å²) in [6.45, 7) is 3.42. The standard InChI is InChI=1S/C12H15NO5/c1-7(2)18-6-10(14)13-9-5-3-4-8(11(9)15)12(16)17/h3-5,7,15H,6H2,1-2H3,(H,13,14)(H,16,17). The fourth-order valence-corrected chi connectivity index (χ4v) is 1.25. The fourth-order valence-electron chi connectivity index (χ4n) is 1.25. The second kappa shape index (κ2) is 6.02. The van der Waals surface area contributed by atoms with Crippen molar-refractivity contribution in [3.8, 4) is 5.75 Å². The van der Waals surface area contributed by atoms with Crippen LogP contribution in [-0.4, -0.2) is 34.8 Å². The number of carboxylic acids is 1. The van der Waals surface area contributed by atoms with Crippen molar-refractivity contribution in [3.63, 3.8) is 0 Å². The van der Waals surface area contributed by atoms with E-state index in [0.717, 1.165) is 0 Å². The first kappa shape index (κ1) is 14.0. The third-order valence-electron chi connectivity index (χ3n) is 2.09. The van der Waals surface area contributed by atoms with Gasteiger partial charge in [-0.1, -0.05) is 6.07 Å². The first-order chi connectivity index (χ1) is 8.41. The largest absolute Gasteiger partial charge is 0.505 e. The van der Waals surface area contributed by atoms with Gasteiger partial charge in [0, 0.05) is 0 Å². The summed E-state index contributed by atoms with van der Waals surface area (Å²) in [4.78, 5) is 22.2. The lowest BCUT2D eigenvalue weighted by molar-refractivity contribution is -0.121. The van der Waals surface area contributed by atoms with Gasteiger partial charge in [0.15, 0.2) is 5.75 Å². The van der Waals surface area contributed by atoms with Gasteiger partial charge in [-0.25, -0.2) is 4.79 Å². The number of carbonyl (C=O) groups is 2. The minimum absolute atomic E-state index is 0.0484. The van der Waals surface area contributed by atoms with Crippen LogP contribution >= 0.6 is 0 Å². The minimum Gasteiger partial charge on any atom is -0.505 e. The molecule has 0 atom stereocenters. The van der Waals surface area contributed by atoms with Gasteiger partial charge in [-0.05, 0) is 26.0 Å². The van der Waals surface area contributed by atoms with Crippen LogP contribution in [0.5, 0.6) is 5.75 Å². The molecule has 0 radical (unpaired) electrons. The highest BCUT2D eigenvalue weighted by Gasteiger charge is 2.14. The van der Waals surface area contributed by atoms with E-state index >= 15 is 0 Å². The lowest BCUT2D eigenvalue weighted by Crippen LogP contribution is -2.20. The topological polar surface area (TPSA) is 95.9 Å². The molecule has 1 rings (SSSR count). The summed E-state index contributed by atoms with van der Waals surface area (Å²) in [5, 5.41) is 20.8. The van der Waals surface area contributed by atoms with Gasteiger partial charge in [-0.2, -0.15) is 0 Å². The zero-order valence-corrected chi connectivity index (χ0v) is 10.1. The number of carbonyl (C=O) groups excluding carboxylic acids is 1. The summed E-state index contributed by atoms with van der Waals surface area (Å²) < 4.78 is 5.08. The molecule has 18 heavy (non-hydrogen) atoms. The molecule has 1 amide bonds. The number of amides is 1. The number of anilines is 1. The number of aromatic carboxylic acids is 1. The predicted octanol–water partition coefficient (Wildman–Crippen LogP) is 1.45. The molecule has 6 heteroatoms. The predicted molar refractivity (Wildman–Crippen MR) is 64.8 cm³/mol. The summed E-state index contributed by atoms with van der Waals surface area (Å²) in [6, 6.07) is 4.09. The Hall–Kier alpha value is -2.08. The SMILES string of the molecule is CC(C)OCC(=O)Nc1cccc(C(=O)O)c1O. The number of aromatic hydroxyl groups is 1. The molecule has 0 saturated heterocycles. The molecule has 0 aliphatic carbocycles. The molecule has 0 aliphatic rings. The number of hydrogen-bond donors (Lipinski definition) is 3. The van der Waals surface area contributed by atoms with Crippen molar-refractivity contribution in [2.24, 2.45) is 0 Å². The fraction of sp³-hybridized carbons (Fsp3) is 0.333. The highest BCUT2D eigenvalue weighted by molar-refractivity contribution is 5.98. The van der Waals surface area contributed by atoms with E-state index in [4.69, 9.17) is 9.84 Å². The van der Waals surface area contributed by atoms with Crippen LogP contribution in [0.1, 0.15) is 24.2 Å². The van der Waals surface area contributed by atoms with Crippen LogP contribution in [0.25, 0.3) is 0 Å². The Kier molecular flexibility index (Phi) is 4.67. The number of hydrogen-bond acceptors (Lipinski definition) is 4. The zero-order valence-electron chi connectivity index (χ0n) is 10.1. The summed E-state index contributed by atoms with van der Waals surface area (Å²) >= 11 is 0. The average molecular weight is 253 g/mol. The van der Waals surface area contributed by atoms with Gasteiger partial charge in [-0.15, -0.1) is 0 Å². The lowest BCUT2D eigenvalue weighted by atomic mass is 10.1. The smallest absolute Gasteiger partial charge is 0.339 e. The van der Waals surface area contributed by atoms with E-state index in [9.17, 15) is 14.7 Å². The van der Waals surface area contributed by atoms with Crippen molar-refractivity contribution < 1.29 is 24.5 Å². The molecule has 0 unspecified atom stereocenters. The second-order valence-electron chi connectivity index (χ2n) is 3.91. The van der Waals surface area contributed by atoms with Gasteiger partial charge in [0.25, 0.3) is 0 Å². The quantitative estimate of drug-likeness (QED) is 0.690. The molecule has 1 aromatic carbocycles. The van der Waals surface area contributed by atoms with Crippen LogP contribution in [0.3, 0.4) is 0 Å². The Morgan fingerprint density at radius 1 is 1.39 bits per heavy atom. The molecule has 0 aliphatic heterocycles. The van der Waals surface area contributed by atoms with Gasteiger partial charge in [0.1, 0.15) is 12.2 Å². The Morgan fingerprint density at radius 2 is 2.06 bits per heavy atom. The van der Waals surface area contributed by atoms with Gasteiger partial charge in [0.05, 0.1) is 11.8 Å². The molecule has 1 aromatic rings. The third-order valence-corrected chi connectivity index (χ3v) is 2.09. The number of carboxylic acid groups (broad SMARTS) is 1. The summed E-state index contributed by atoms with van der Waals surface area (Å²) in [5.74, 6) is -2.19. The molecular weight excluding hydrogens is 238 g/mol. The van der Waals surface area contributed by atoms with Crippen molar-refractivity contribution in [2.75, 3.05) is 11.9 Å². The van der Waals surface area contributed by atoms with Gasteiger partial charge in [-0.3, -0.25) is 4.79 Å². The van der Waals surface area contributed by atoms with Crippen LogP contribution in [-0.2, 0) is 9.53 Å². The highest BCUT2D eigenvalue weighted by atomic mass is 16.5. The number of rotatable bonds is 5. The van der Waals surface area contributed by atoms with Crippen molar-refractivity contribution in [1.82, 2.24) is 0 Å². The Labute approximate surface area is 104 Å². The van der Waals surface area contributed by atoms with Crippen molar-refractivity contribution >= 4 is 17.6 Å². The number of para-hydroxylation sites is 1. The van der Waals surface area contributed by atoms with E-state index in [1.807, 2.05) is 0 Å². The van der Waals surface area contributed by atoms with Crippen LogP contribution in [0.2, 0.25) is 0 Å². The Morgan fingerprint density at radius 3 is 2.61 bits per heavy atom. The van der Waals surface area contributed by atoms with Crippen LogP contribution < -0.4 is 5.32 Å². The molecule has 6 nitrogen and oxygen atoms in total. The van der Waals surface area contributed by atoms with E-state index in [-0.39, 0.29) is 24.0 Å². The molecule has 98 valence electrons. The number of ether oxygens (including phenoxy) is 1. The average Bonchev–Trinajstić information content (AvgIpc) is 2.29. The van der Waals surface area contributed by atoms with Crippen molar-refractivity contribution in [2.45, 2.75) is 20.0 Å². The monoisotopic (exact) mass is 253 g/mol. The Bertz CT molecular complexity index is 456. The van der Waals surface area contributed by atoms with E-state index in [2.05, 4.69) is 5.32 Å². The number of benzene rings is 1. The maximum absolute atomic E-state index is 11.5. The van der Waals surface area contributed by atoms with Crippen LogP contribution in [0.15, 0.2) is 18.2 Å². The maximum Gasteiger partial charge on any atom is 0.339 e. The first-order valence-electron chi connectivity index (χ1n) is 5.38. The van der Waals surface area contributed by atoms with Gasteiger partial charge in [0.2, 0.25) is 5.91 Å². The van der Waals surface area contributed by atoms with E-state index in [1.54, 1.807) is 13.8 Å². The molecule has 0 bridgehead atoms. The molecule has 0 heterocycles. The molecular formula is C12H15NO5. The van der Waals surface area contributed by atoms with Crippen LogP contribution in [0.4, 0.5) is 5.69 Å². The lowest BCUT2D eigenvalue weighted by Gasteiger charge is -2.10. The number of phenols is 1. The first-order valence-corrected chi connectivity index (χ1v) is 5.38. The van der Waals surface area contributed by atoms with Crippen molar-refractivity contribution in [3.05, 3.63) is 23.8 Å². The maximum atomic E-state index is 11.5. The minimum atomic E-state index is -1.26. The summed E-state index contributed by atoms with van der Waals surface area (Å²) in [5.41, 5.74) is -0.218. The van der Waals surface area contributed by atoms with Gasteiger partial charge < -0.3 is 20.3 Å². The zero-order chi connectivity index (χ0) is 13.7. The van der Waals surface area contributed by atoms with Gasteiger partial charge >= 0.3 is 5.97 Å². The molecule has 0 saturated carbocycles. The van der Waals surface area contributed by atoms with Crippen LogP contribution in [0, 0.1) is 0 Å². The third kappa shape index (κ3) is 3.74. The molecule has 0 fully saturated rings. The molecule has 3 N–H and O–H groups in total. The molecule has 0 spiro atoms. The van der Waals surface area contributed by atoms with E-state index in [0.29, 0.717) is 0 Å². The summed E-state index contributed by atoms with van der Waals surface area (Å²) in [6.07, 6.45) is -0.0882. The van der Waals surface area contributed by atoms with E-state index in [1.165, 1.54) is 18.2 Å². The second-order valence-corrected chi connectivity index (χ2v) is 3.91. The van der Waals surface area contributed by atoms with Crippen molar-refractivity contribution in [1.29, 1.82) is 0 Å². The van der Waals surface area contributed by atoms with E-state index < -0.39 is 17.6 Å². The number of nitrogens with one attached hydrogen (secondary N) is 1. The summed E-state index contributed by atoms with van der Waals surface area (Å²) in [7, 11) is 0. The molecule has 0 aromatic heterocycles. The highest BCUT2D eigenvalue weighted by Crippen LogP contribution is 2.27. The normalized spacial score (nSPS) is 10.4. The Balaban J connectivity index is 2.76.